The van der Waals surface area contributed by atoms with E-state index in [1.54, 1.807) is 18.3 Å². The lowest BCUT2D eigenvalue weighted by molar-refractivity contribution is -0.122. The van der Waals surface area contributed by atoms with Gasteiger partial charge in [0.15, 0.2) is 11.5 Å². The van der Waals surface area contributed by atoms with E-state index in [1.165, 1.54) is 29.1 Å². The molecule has 3 aromatic rings. The summed E-state index contributed by atoms with van der Waals surface area (Å²) in [5, 5.41) is 13.4. The minimum absolute atomic E-state index is 0.00924. The largest absolute Gasteiger partial charge is 0.355 e. The molecule has 29 heavy (non-hydrogen) atoms. The van der Waals surface area contributed by atoms with Gasteiger partial charge in [-0.2, -0.15) is 5.10 Å². The first-order valence-electron chi connectivity index (χ1n) is 9.43. The number of carbonyl (C=O) groups excluding carboxylic acids is 2. The van der Waals surface area contributed by atoms with E-state index in [0.29, 0.717) is 5.69 Å². The van der Waals surface area contributed by atoms with Crippen LogP contribution in [0.4, 0.5) is 10.1 Å². The fourth-order valence-electron chi connectivity index (χ4n) is 3.37. The quantitative estimate of drug-likeness (QED) is 0.666. The maximum absolute atomic E-state index is 13.8. The third-order valence-electron chi connectivity index (χ3n) is 4.80. The Morgan fingerprint density at radius 2 is 2.03 bits per heavy atom. The van der Waals surface area contributed by atoms with E-state index in [-0.39, 0.29) is 35.5 Å². The molecule has 0 spiro atoms. The van der Waals surface area contributed by atoms with Gasteiger partial charge in [0, 0.05) is 18.3 Å². The molecule has 0 aliphatic heterocycles. The Bertz CT molecular complexity index is 1020. The average Bonchev–Trinajstić information content (AvgIpc) is 3.44. The van der Waals surface area contributed by atoms with Gasteiger partial charge in [-0.15, -0.1) is 0 Å². The average molecular weight is 397 g/mol. The van der Waals surface area contributed by atoms with E-state index in [2.05, 4.69) is 20.9 Å². The molecule has 0 bridgehead atoms. The Hall–Kier alpha value is -3.49. The molecule has 0 unspecified atom stereocenters. The second kappa shape index (κ2) is 8.26. The van der Waals surface area contributed by atoms with Crippen molar-refractivity contribution in [1.29, 1.82) is 0 Å². The number of hydrogen-bond acceptors (Lipinski definition) is 5. The zero-order valence-electron chi connectivity index (χ0n) is 15.6. The summed E-state index contributed by atoms with van der Waals surface area (Å²) >= 11 is 0. The van der Waals surface area contributed by atoms with Gasteiger partial charge in [-0.1, -0.05) is 30.1 Å². The van der Waals surface area contributed by atoms with Crippen molar-refractivity contribution in [3.05, 3.63) is 54.2 Å². The third kappa shape index (κ3) is 4.50. The molecule has 4 rings (SSSR count). The SMILES string of the molecule is O=C(Cn1cc(NC(=O)c2cc(-c3ccccc3F)on2)cn1)NC1CCCC1. The van der Waals surface area contributed by atoms with Gasteiger partial charge in [0.05, 0.1) is 17.4 Å². The third-order valence-corrected chi connectivity index (χ3v) is 4.80. The highest BCUT2D eigenvalue weighted by Gasteiger charge is 2.18. The zero-order chi connectivity index (χ0) is 20.2. The van der Waals surface area contributed by atoms with Crippen molar-refractivity contribution in [3.63, 3.8) is 0 Å². The highest BCUT2D eigenvalue weighted by atomic mass is 19.1. The second-order valence-corrected chi connectivity index (χ2v) is 6.99. The van der Waals surface area contributed by atoms with Gasteiger partial charge in [-0.25, -0.2) is 4.39 Å². The van der Waals surface area contributed by atoms with Crippen LogP contribution in [0.2, 0.25) is 0 Å². The van der Waals surface area contributed by atoms with Crippen LogP contribution in [0.3, 0.4) is 0 Å². The number of carbonyl (C=O) groups is 2. The number of nitrogens with one attached hydrogen (secondary N) is 2. The van der Waals surface area contributed by atoms with E-state index in [1.807, 2.05) is 0 Å². The van der Waals surface area contributed by atoms with E-state index >= 15 is 0 Å². The number of benzene rings is 1. The normalized spacial score (nSPS) is 14.1. The van der Waals surface area contributed by atoms with Gasteiger partial charge in [0.1, 0.15) is 12.4 Å². The summed E-state index contributed by atoms with van der Waals surface area (Å²) in [5.41, 5.74) is 0.647. The zero-order valence-corrected chi connectivity index (χ0v) is 15.6. The van der Waals surface area contributed by atoms with Gasteiger partial charge in [0.2, 0.25) is 5.91 Å². The Morgan fingerprint density at radius 1 is 1.24 bits per heavy atom. The Balaban J connectivity index is 1.36. The van der Waals surface area contributed by atoms with Crippen LogP contribution in [-0.2, 0) is 11.3 Å². The molecule has 1 aliphatic rings. The number of aromatic nitrogens is 3. The van der Waals surface area contributed by atoms with Crippen molar-refractivity contribution in [2.75, 3.05) is 5.32 Å². The number of halogens is 1. The van der Waals surface area contributed by atoms with E-state index in [0.717, 1.165) is 25.7 Å². The lowest BCUT2D eigenvalue weighted by atomic mass is 10.1. The van der Waals surface area contributed by atoms with Crippen molar-refractivity contribution < 1.29 is 18.5 Å². The lowest BCUT2D eigenvalue weighted by Crippen LogP contribution is -2.35. The van der Waals surface area contributed by atoms with Crippen LogP contribution in [0.5, 0.6) is 0 Å². The minimum atomic E-state index is -0.522. The maximum atomic E-state index is 13.8. The molecule has 1 fully saturated rings. The summed E-state index contributed by atoms with van der Waals surface area (Å²) < 4.78 is 20.4. The number of amides is 2. The first-order chi connectivity index (χ1) is 14.1. The standard InChI is InChI=1S/C20H20FN5O3/c21-16-8-4-3-7-15(16)18-9-17(25-29-18)20(28)24-14-10-22-26(11-14)12-19(27)23-13-5-1-2-6-13/h3-4,7-11,13H,1-2,5-6,12H2,(H,23,27)(H,24,28). The number of hydrogen-bond donors (Lipinski definition) is 2. The molecule has 1 aliphatic carbocycles. The summed E-state index contributed by atoms with van der Waals surface area (Å²) in [7, 11) is 0. The highest BCUT2D eigenvalue weighted by Crippen LogP contribution is 2.23. The van der Waals surface area contributed by atoms with Crippen LogP contribution in [0.1, 0.15) is 36.2 Å². The fourth-order valence-corrected chi connectivity index (χ4v) is 3.37. The van der Waals surface area contributed by atoms with Crippen molar-refractivity contribution in [2.24, 2.45) is 0 Å². The van der Waals surface area contributed by atoms with E-state index in [9.17, 15) is 14.0 Å². The summed E-state index contributed by atoms with van der Waals surface area (Å²) in [6.07, 6.45) is 7.31. The van der Waals surface area contributed by atoms with Gasteiger partial charge in [-0.3, -0.25) is 14.3 Å². The summed E-state index contributed by atoms with van der Waals surface area (Å²) in [4.78, 5) is 24.4. The van der Waals surface area contributed by atoms with Gasteiger partial charge < -0.3 is 15.2 Å². The Labute approximate surface area is 166 Å². The Kier molecular flexibility index (Phi) is 5.37. The van der Waals surface area contributed by atoms with Crippen LogP contribution in [0.25, 0.3) is 11.3 Å². The van der Waals surface area contributed by atoms with E-state index < -0.39 is 11.7 Å². The molecular weight excluding hydrogens is 377 g/mol. The van der Waals surface area contributed by atoms with Crippen molar-refractivity contribution >= 4 is 17.5 Å². The monoisotopic (exact) mass is 397 g/mol. The van der Waals surface area contributed by atoms with Gasteiger partial charge >= 0.3 is 0 Å². The molecule has 9 heteroatoms. The molecule has 2 aromatic heterocycles. The maximum Gasteiger partial charge on any atom is 0.277 e. The molecule has 0 saturated heterocycles. The van der Waals surface area contributed by atoms with Crippen LogP contribution in [0.15, 0.2) is 47.2 Å². The molecule has 8 nitrogen and oxygen atoms in total. The number of anilines is 1. The van der Waals surface area contributed by atoms with Crippen molar-refractivity contribution in [1.82, 2.24) is 20.3 Å². The smallest absolute Gasteiger partial charge is 0.277 e. The lowest BCUT2D eigenvalue weighted by Gasteiger charge is -2.11. The van der Waals surface area contributed by atoms with Crippen molar-refractivity contribution in [2.45, 2.75) is 38.3 Å². The molecule has 0 atom stereocenters. The molecule has 1 saturated carbocycles. The molecule has 0 radical (unpaired) electrons. The predicted octanol–water partition coefficient (Wildman–Crippen LogP) is 2.99. The second-order valence-electron chi connectivity index (χ2n) is 6.99. The number of rotatable bonds is 6. The van der Waals surface area contributed by atoms with Gasteiger partial charge in [0.25, 0.3) is 5.91 Å². The molecule has 2 heterocycles. The first-order valence-corrected chi connectivity index (χ1v) is 9.43. The molecule has 150 valence electrons. The molecule has 1 aromatic carbocycles. The molecule has 2 amide bonds. The highest BCUT2D eigenvalue weighted by molar-refractivity contribution is 6.03. The first kappa shape index (κ1) is 18.9. The van der Waals surface area contributed by atoms with Crippen LogP contribution >= 0.6 is 0 Å². The Morgan fingerprint density at radius 3 is 2.83 bits per heavy atom. The van der Waals surface area contributed by atoms with Crippen LogP contribution < -0.4 is 10.6 Å². The fraction of sp³-hybridized carbons (Fsp3) is 0.300. The van der Waals surface area contributed by atoms with Gasteiger partial charge in [-0.05, 0) is 25.0 Å². The summed E-state index contributed by atoms with van der Waals surface area (Å²) in [5.74, 6) is -0.935. The topological polar surface area (TPSA) is 102 Å². The summed E-state index contributed by atoms with van der Waals surface area (Å²) in [6.45, 7) is 0.0771. The van der Waals surface area contributed by atoms with E-state index in [4.69, 9.17) is 4.52 Å². The van der Waals surface area contributed by atoms with Crippen LogP contribution in [-0.4, -0.2) is 32.8 Å². The molecular formula is C20H20FN5O3. The van der Waals surface area contributed by atoms with Crippen molar-refractivity contribution in [3.8, 4) is 11.3 Å². The predicted molar refractivity (Wildman–Crippen MR) is 102 cm³/mol. The number of nitrogens with zero attached hydrogens (tertiary/aromatic N) is 3. The molecule has 2 N–H and O–H groups in total. The summed E-state index contributed by atoms with van der Waals surface area (Å²) in [6, 6.07) is 7.68. The minimum Gasteiger partial charge on any atom is -0.355 e. The van der Waals surface area contributed by atoms with Crippen LogP contribution in [0, 0.1) is 5.82 Å².